The standard InChI is InChI=1S/C29H23ClN2O2/c1-19-10-12-25(14-20(19)2)32-29(33)24(17-31)15-21-11-13-28(27(30)16-21)34-18-23-8-5-7-22-6-3-4-9-26(22)23/h3-16H,18H2,1-2H3,(H,32,33)/b24-15+. The number of halogens is 1. The largest absolute Gasteiger partial charge is 0.487 e. The molecule has 0 radical (unpaired) electrons. The van der Waals surface area contributed by atoms with Gasteiger partial charge in [0.15, 0.2) is 0 Å². The van der Waals surface area contributed by atoms with Crippen molar-refractivity contribution in [2.45, 2.75) is 20.5 Å². The average Bonchev–Trinajstić information content (AvgIpc) is 2.84. The van der Waals surface area contributed by atoms with Crippen LogP contribution in [-0.2, 0) is 11.4 Å². The molecule has 0 unspecified atom stereocenters. The zero-order valence-corrected chi connectivity index (χ0v) is 19.7. The van der Waals surface area contributed by atoms with Gasteiger partial charge in [0.1, 0.15) is 24.0 Å². The monoisotopic (exact) mass is 466 g/mol. The van der Waals surface area contributed by atoms with Gasteiger partial charge in [-0.3, -0.25) is 4.79 Å². The molecule has 4 aromatic carbocycles. The highest BCUT2D eigenvalue weighted by Crippen LogP contribution is 2.28. The molecule has 0 fully saturated rings. The molecule has 1 N–H and O–H groups in total. The Balaban J connectivity index is 1.48. The van der Waals surface area contributed by atoms with E-state index >= 15 is 0 Å². The van der Waals surface area contributed by atoms with E-state index in [1.807, 2.05) is 62.4 Å². The topological polar surface area (TPSA) is 62.1 Å². The lowest BCUT2D eigenvalue weighted by molar-refractivity contribution is -0.112. The van der Waals surface area contributed by atoms with Crippen LogP contribution in [0.25, 0.3) is 16.8 Å². The third-order valence-corrected chi connectivity index (χ3v) is 5.96. The second-order valence-electron chi connectivity index (χ2n) is 8.04. The Morgan fingerprint density at radius 2 is 1.79 bits per heavy atom. The molecular weight excluding hydrogens is 444 g/mol. The minimum absolute atomic E-state index is 0.0151. The molecule has 1 amide bonds. The normalized spacial score (nSPS) is 11.2. The van der Waals surface area contributed by atoms with E-state index in [1.165, 1.54) is 6.08 Å². The van der Waals surface area contributed by atoms with Crippen molar-refractivity contribution >= 4 is 40.0 Å². The molecule has 0 saturated carbocycles. The molecule has 0 aliphatic carbocycles. The molecule has 0 saturated heterocycles. The van der Waals surface area contributed by atoms with Crippen LogP contribution in [0.4, 0.5) is 5.69 Å². The van der Waals surface area contributed by atoms with Crippen LogP contribution in [-0.4, -0.2) is 5.91 Å². The van der Waals surface area contributed by atoms with E-state index < -0.39 is 5.91 Å². The summed E-state index contributed by atoms with van der Waals surface area (Å²) >= 11 is 6.44. The number of ether oxygens (including phenoxy) is 1. The Labute approximate surface area is 204 Å². The van der Waals surface area contributed by atoms with Gasteiger partial charge in [0.05, 0.1) is 5.02 Å². The maximum atomic E-state index is 12.6. The fraction of sp³-hybridized carbons (Fsp3) is 0.103. The van der Waals surface area contributed by atoms with Gasteiger partial charge in [-0.2, -0.15) is 5.26 Å². The summed E-state index contributed by atoms with van der Waals surface area (Å²) in [6.07, 6.45) is 1.51. The van der Waals surface area contributed by atoms with E-state index in [0.29, 0.717) is 28.6 Å². The summed E-state index contributed by atoms with van der Waals surface area (Å²) in [6, 6.07) is 27.0. The number of rotatable bonds is 6. The Kier molecular flexibility index (Phi) is 6.96. The number of carbonyl (C=O) groups excluding carboxylic acids is 1. The first-order valence-electron chi connectivity index (χ1n) is 10.8. The molecule has 0 aliphatic heterocycles. The van der Waals surface area contributed by atoms with Crippen LogP contribution in [0.3, 0.4) is 0 Å². The van der Waals surface area contributed by atoms with Gasteiger partial charge in [-0.15, -0.1) is 0 Å². The number of nitrogens with zero attached hydrogens (tertiary/aromatic N) is 1. The van der Waals surface area contributed by atoms with Crippen molar-refractivity contribution in [1.82, 2.24) is 0 Å². The van der Waals surface area contributed by atoms with Crippen LogP contribution < -0.4 is 10.1 Å². The van der Waals surface area contributed by atoms with E-state index in [0.717, 1.165) is 27.5 Å². The second kappa shape index (κ2) is 10.2. The summed E-state index contributed by atoms with van der Waals surface area (Å²) < 4.78 is 5.97. The first kappa shape index (κ1) is 23.1. The number of fused-ring (bicyclic) bond motifs is 1. The number of carbonyl (C=O) groups is 1. The van der Waals surface area contributed by atoms with Gasteiger partial charge in [0, 0.05) is 5.69 Å². The van der Waals surface area contributed by atoms with Gasteiger partial charge in [0.2, 0.25) is 0 Å². The number of benzene rings is 4. The number of nitriles is 1. The van der Waals surface area contributed by atoms with Crippen LogP contribution in [0.15, 0.2) is 84.4 Å². The fourth-order valence-electron chi connectivity index (χ4n) is 3.63. The average molecular weight is 467 g/mol. The minimum Gasteiger partial charge on any atom is -0.487 e. The zero-order valence-electron chi connectivity index (χ0n) is 18.9. The highest BCUT2D eigenvalue weighted by molar-refractivity contribution is 6.32. The maximum Gasteiger partial charge on any atom is 0.266 e. The quantitative estimate of drug-likeness (QED) is 0.241. The molecule has 0 spiro atoms. The van der Waals surface area contributed by atoms with Gasteiger partial charge in [0.25, 0.3) is 5.91 Å². The summed E-state index contributed by atoms with van der Waals surface area (Å²) in [5.74, 6) is 0.0583. The number of amides is 1. The van der Waals surface area contributed by atoms with Crippen LogP contribution in [0, 0.1) is 25.2 Å². The third-order valence-electron chi connectivity index (χ3n) is 5.66. The lowest BCUT2D eigenvalue weighted by Crippen LogP contribution is -2.13. The number of anilines is 1. The predicted octanol–water partition coefficient (Wildman–Crippen LogP) is 7.23. The Morgan fingerprint density at radius 1 is 1.00 bits per heavy atom. The number of aryl methyl sites for hydroxylation is 2. The van der Waals surface area contributed by atoms with Gasteiger partial charge in [-0.1, -0.05) is 66.2 Å². The molecule has 0 aromatic heterocycles. The van der Waals surface area contributed by atoms with Crippen molar-refractivity contribution in [3.05, 3.63) is 112 Å². The molecule has 4 nitrogen and oxygen atoms in total. The predicted molar refractivity (Wildman–Crippen MR) is 138 cm³/mol. The summed E-state index contributed by atoms with van der Waals surface area (Å²) in [6.45, 7) is 4.34. The first-order valence-corrected chi connectivity index (χ1v) is 11.2. The summed E-state index contributed by atoms with van der Waals surface area (Å²) in [5, 5.41) is 15.0. The maximum absolute atomic E-state index is 12.6. The molecule has 5 heteroatoms. The van der Waals surface area contributed by atoms with Gasteiger partial charge in [-0.25, -0.2) is 0 Å². The lowest BCUT2D eigenvalue weighted by Gasteiger charge is -2.11. The summed E-state index contributed by atoms with van der Waals surface area (Å²) in [4.78, 5) is 12.6. The Bertz CT molecular complexity index is 1450. The molecule has 4 aromatic rings. The van der Waals surface area contributed by atoms with E-state index in [-0.39, 0.29) is 5.57 Å². The van der Waals surface area contributed by atoms with Gasteiger partial charge >= 0.3 is 0 Å². The molecule has 0 heterocycles. The van der Waals surface area contributed by atoms with Gasteiger partial charge < -0.3 is 10.1 Å². The van der Waals surface area contributed by atoms with Crippen molar-refractivity contribution in [2.24, 2.45) is 0 Å². The van der Waals surface area contributed by atoms with E-state index in [1.54, 1.807) is 18.2 Å². The first-order chi connectivity index (χ1) is 16.4. The van der Waals surface area contributed by atoms with Crippen LogP contribution in [0.1, 0.15) is 22.3 Å². The molecule has 168 valence electrons. The second-order valence-corrected chi connectivity index (χ2v) is 8.45. The lowest BCUT2D eigenvalue weighted by atomic mass is 10.1. The number of hydrogen-bond acceptors (Lipinski definition) is 3. The molecular formula is C29H23ClN2O2. The number of hydrogen-bond donors (Lipinski definition) is 1. The highest BCUT2D eigenvalue weighted by atomic mass is 35.5. The van der Waals surface area contributed by atoms with Crippen molar-refractivity contribution in [1.29, 1.82) is 5.26 Å². The molecule has 0 atom stereocenters. The minimum atomic E-state index is -0.474. The SMILES string of the molecule is Cc1ccc(NC(=O)/C(C#N)=C/c2ccc(OCc3cccc4ccccc34)c(Cl)c2)cc1C. The van der Waals surface area contributed by atoms with Crippen LogP contribution in [0.5, 0.6) is 5.75 Å². The van der Waals surface area contributed by atoms with Crippen molar-refractivity contribution < 1.29 is 9.53 Å². The third kappa shape index (κ3) is 5.28. The van der Waals surface area contributed by atoms with Crippen molar-refractivity contribution in [3.63, 3.8) is 0 Å². The molecule has 4 rings (SSSR count). The van der Waals surface area contributed by atoms with Crippen LogP contribution >= 0.6 is 11.6 Å². The van der Waals surface area contributed by atoms with E-state index in [2.05, 4.69) is 23.5 Å². The molecule has 34 heavy (non-hydrogen) atoms. The Morgan fingerprint density at radius 3 is 2.56 bits per heavy atom. The Hall–Kier alpha value is -4.07. The summed E-state index contributed by atoms with van der Waals surface area (Å²) in [7, 11) is 0. The van der Waals surface area contributed by atoms with Crippen molar-refractivity contribution in [3.8, 4) is 11.8 Å². The summed E-state index contributed by atoms with van der Waals surface area (Å²) in [5.41, 5.74) is 4.52. The van der Waals surface area contributed by atoms with E-state index in [9.17, 15) is 10.1 Å². The van der Waals surface area contributed by atoms with Gasteiger partial charge in [-0.05, 0) is 77.2 Å². The smallest absolute Gasteiger partial charge is 0.266 e. The van der Waals surface area contributed by atoms with Crippen LogP contribution in [0.2, 0.25) is 5.02 Å². The number of nitrogens with one attached hydrogen (secondary N) is 1. The van der Waals surface area contributed by atoms with Crippen molar-refractivity contribution in [2.75, 3.05) is 5.32 Å². The fourth-order valence-corrected chi connectivity index (χ4v) is 3.87. The van der Waals surface area contributed by atoms with E-state index in [4.69, 9.17) is 16.3 Å². The zero-order chi connectivity index (χ0) is 24.1. The highest BCUT2D eigenvalue weighted by Gasteiger charge is 2.11. The molecule has 0 aliphatic rings. The molecule has 0 bridgehead atoms.